The normalized spacial score (nSPS) is 11.4. The van der Waals surface area contributed by atoms with Crippen molar-refractivity contribution in [3.63, 3.8) is 0 Å². The Morgan fingerprint density at radius 1 is 1.29 bits per heavy atom. The van der Waals surface area contributed by atoms with Gasteiger partial charge < -0.3 is 21.1 Å². The van der Waals surface area contributed by atoms with Crippen LogP contribution < -0.4 is 16.4 Å². The topological polar surface area (TPSA) is 111 Å². The highest BCUT2D eigenvalue weighted by atomic mass is 35.5. The highest BCUT2D eigenvalue weighted by Gasteiger charge is 2.19. The summed E-state index contributed by atoms with van der Waals surface area (Å²) in [6, 6.07) is 5.54. The van der Waals surface area contributed by atoms with Crippen LogP contribution in [0.5, 0.6) is 0 Å². The second kappa shape index (κ2) is 10.5. The predicted molar refractivity (Wildman–Crippen MR) is 90.4 cm³/mol. The summed E-state index contributed by atoms with van der Waals surface area (Å²) in [5.41, 5.74) is 5.77. The third kappa shape index (κ3) is 7.32. The highest BCUT2D eigenvalue weighted by Crippen LogP contribution is 2.24. The highest BCUT2D eigenvalue weighted by molar-refractivity contribution is 6.31. The molecule has 0 heterocycles. The molecule has 1 aromatic carbocycles. The molecule has 0 fully saturated rings. The van der Waals surface area contributed by atoms with Crippen LogP contribution in [-0.2, 0) is 14.3 Å². The van der Waals surface area contributed by atoms with Gasteiger partial charge in [-0.2, -0.15) is 0 Å². The smallest absolute Gasteiger partial charge is 0.312 e. The van der Waals surface area contributed by atoms with Crippen molar-refractivity contribution in [2.45, 2.75) is 32.2 Å². The predicted octanol–water partition coefficient (Wildman–Crippen LogP) is 1.90. The fourth-order valence-corrected chi connectivity index (χ4v) is 2.39. The molecule has 7 nitrogen and oxygen atoms in total. The molecule has 0 aliphatic rings. The van der Waals surface area contributed by atoms with Crippen molar-refractivity contribution in [2.75, 3.05) is 13.2 Å². The minimum Gasteiger partial charge on any atom is -0.466 e. The molecule has 1 atom stereocenters. The number of hydrogen-bond donors (Lipinski definition) is 3. The standard InChI is InChI=1S/C16H22ClN3O4/c1-2-24-15(22)8-5-9-19-14(21)10-13(20-16(18)23)11-6-3-4-7-12(11)17/h3-4,6-7,13H,2,5,8-10H2,1H3,(H,19,21)(H3,18,20,23). The Balaban J connectivity index is 2.52. The third-order valence-electron chi connectivity index (χ3n) is 3.17. The van der Waals surface area contributed by atoms with E-state index in [1.54, 1.807) is 31.2 Å². The fourth-order valence-electron chi connectivity index (χ4n) is 2.12. The quantitative estimate of drug-likeness (QED) is 0.464. The number of ether oxygens (including phenoxy) is 1. The van der Waals surface area contributed by atoms with Crippen molar-refractivity contribution in [3.8, 4) is 0 Å². The van der Waals surface area contributed by atoms with Crippen LogP contribution in [0.25, 0.3) is 0 Å². The zero-order valence-corrected chi connectivity index (χ0v) is 14.3. The third-order valence-corrected chi connectivity index (χ3v) is 3.52. The summed E-state index contributed by atoms with van der Waals surface area (Å²) in [5, 5.41) is 5.64. The van der Waals surface area contributed by atoms with Gasteiger partial charge in [-0.1, -0.05) is 29.8 Å². The summed E-state index contributed by atoms with van der Waals surface area (Å²) in [7, 11) is 0. The van der Waals surface area contributed by atoms with Gasteiger partial charge in [-0.05, 0) is 25.0 Å². The van der Waals surface area contributed by atoms with E-state index in [9.17, 15) is 14.4 Å². The van der Waals surface area contributed by atoms with E-state index in [2.05, 4.69) is 10.6 Å². The van der Waals surface area contributed by atoms with Crippen molar-refractivity contribution in [1.29, 1.82) is 0 Å². The number of amides is 3. The molecule has 8 heteroatoms. The molecule has 132 valence electrons. The van der Waals surface area contributed by atoms with E-state index in [4.69, 9.17) is 22.1 Å². The lowest BCUT2D eigenvalue weighted by molar-refractivity contribution is -0.143. The number of rotatable bonds is 9. The average Bonchev–Trinajstić information content (AvgIpc) is 2.51. The van der Waals surface area contributed by atoms with E-state index in [0.717, 1.165) is 0 Å². The van der Waals surface area contributed by atoms with E-state index in [1.165, 1.54) is 0 Å². The van der Waals surface area contributed by atoms with Crippen LogP contribution in [0.15, 0.2) is 24.3 Å². The first-order valence-electron chi connectivity index (χ1n) is 7.66. The number of hydrogen-bond acceptors (Lipinski definition) is 4. The lowest BCUT2D eigenvalue weighted by Crippen LogP contribution is -2.37. The maximum atomic E-state index is 12.0. The van der Waals surface area contributed by atoms with Crippen LogP contribution in [0.3, 0.4) is 0 Å². The summed E-state index contributed by atoms with van der Waals surface area (Å²) in [4.78, 5) is 34.4. The van der Waals surface area contributed by atoms with E-state index in [1.807, 2.05) is 0 Å². The molecule has 0 saturated carbocycles. The molecule has 1 aromatic rings. The number of urea groups is 1. The molecule has 1 rings (SSSR count). The van der Waals surface area contributed by atoms with Crippen LogP contribution in [-0.4, -0.2) is 31.1 Å². The summed E-state index contributed by atoms with van der Waals surface area (Å²) in [5.74, 6) is -0.575. The number of primary amides is 1. The number of carbonyl (C=O) groups excluding carboxylic acids is 3. The van der Waals surface area contributed by atoms with Crippen LogP contribution in [0.4, 0.5) is 4.79 Å². The first-order chi connectivity index (χ1) is 11.4. The molecular weight excluding hydrogens is 334 g/mol. The first kappa shape index (κ1) is 19.8. The Hall–Kier alpha value is -2.28. The Kier molecular flexibility index (Phi) is 8.64. The number of esters is 1. The Labute approximate surface area is 145 Å². The number of nitrogens with one attached hydrogen (secondary N) is 2. The second-order valence-electron chi connectivity index (χ2n) is 5.05. The van der Waals surface area contributed by atoms with Gasteiger partial charge in [0.1, 0.15) is 0 Å². The van der Waals surface area contributed by atoms with Gasteiger partial charge in [0.15, 0.2) is 0 Å². The van der Waals surface area contributed by atoms with E-state index < -0.39 is 12.1 Å². The van der Waals surface area contributed by atoms with Crippen molar-refractivity contribution < 1.29 is 19.1 Å². The molecule has 1 unspecified atom stereocenters. The molecule has 24 heavy (non-hydrogen) atoms. The Bertz CT molecular complexity index is 580. The number of nitrogens with two attached hydrogens (primary N) is 1. The molecule has 3 amide bonds. The van der Waals surface area contributed by atoms with Gasteiger partial charge in [-0.15, -0.1) is 0 Å². The second-order valence-corrected chi connectivity index (χ2v) is 5.45. The van der Waals surface area contributed by atoms with Crippen LogP contribution in [0, 0.1) is 0 Å². The summed E-state index contributed by atoms with van der Waals surface area (Å²) in [6.45, 7) is 2.41. The molecule has 0 aromatic heterocycles. The molecule has 0 bridgehead atoms. The minimum absolute atomic E-state index is 0.00786. The Morgan fingerprint density at radius 2 is 2.00 bits per heavy atom. The molecule has 0 aliphatic carbocycles. The molecule has 0 saturated heterocycles. The van der Waals surface area contributed by atoms with Gasteiger partial charge in [0.2, 0.25) is 5.91 Å². The van der Waals surface area contributed by atoms with Gasteiger partial charge in [0, 0.05) is 18.0 Å². The molecule has 4 N–H and O–H groups in total. The van der Waals surface area contributed by atoms with Crippen molar-refractivity contribution in [1.82, 2.24) is 10.6 Å². The van der Waals surface area contributed by atoms with Crippen molar-refractivity contribution in [2.24, 2.45) is 5.73 Å². The minimum atomic E-state index is -0.741. The van der Waals surface area contributed by atoms with Gasteiger partial charge in [-0.25, -0.2) is 4.79 Å². The largest absolute Gasteiger partial charge is 0.466 e. The molecule has 0 aliphatic heterocycles. The summed E-state index contributed by atoms with van der Waals surface area (Å²) < 4.78 is 4.80. The van der Waals surface area contributed by atoms with Crippen molar-refractivity contribution in [3.05, 3.63) is 34.9 Å². The monoisotopic (exact) mass is 355 g/mol. The molecule has 0 spiro atoms. The zero-order chi connectivity index (χ0) is 17.9. The maximum absolute atomic E-state index is 12.0. The number of carbonyl (C=O) groups is 3. The van der Waals surface area contributed by atoms with E-state index in [0.29, 0.717) is 30.2 Å². The SMILES string of the molecule is CCOC(=O)CCCNC(=O)CC(NC(N)=O)c1ccccc1Cl. The lowest BCUT2D eigenvalue weighted by Gasteiger charge is -2.19. The molecule has 0 radical (unpaired) electrons. The molecular formula is C16H22ClN3O4. The average molecular weight is 356 g/mol. The zero-order valence-electron chi connectivity index (χ0n) is 13.5. The fraction of sp³-hybridized carbons (Fsp3) is 0.438. The Morgan fingerprint density at radius 3 is 2.62 bits per heavy atom. The van der Waals surface area contributed by atoms with Crippen LogP contribution in [0.2, 0.25) is 5.02 Å². The number of benzene rings is 1. The van der Waals surface area contributed by atoms with Gasteiger partial charge in [0.25, 0.3) is 0 Å². The van der Waals surface area contributed by atoms with Crippen LogP contribution >= 0.6 is 11.6 Å². The van der Waals surface area contributed by atoms with Gasteiger partial charge in [-0.3, -0.25) is 9.59 Å². The van der Waals surface area contributed by atoms with Crippen LogP contribution in [0.1, 0.15) is 37.8 Å². The number of halogens is 1. The maximum Gasteiger partial charge on any atom is 0.312 e. The summed E-state index contributed by atoms with van der Waals surface area (Å²) >= 11 is 6.10. The first-order valence-corrected chi connectivity index (χ1v) is 8.04. The summed E-state index contributed by atoms with van der Waals surface area (Å²) in [6.07, 6.45) is 0.707. The lowest BCUT2D eigenvalue weighted by atomic mass is 10.0. The van der Waals surface area contributed by atoms with Gasteiger partial charge >= 0.3 is 12.0 Å². The van der Waals surface area contributed by atoms with Gasteiger partial charge in [0.05, 0.1) is 19.1 Å². The van der Waals surface area contributed by atoms with Crippen molar-refractivity contribution >= 4 is 29.5 Å². The van der Waals surface area contributed by atoms with E-state index >= 15 is 0 Å². The van der Waals surface area contributed by atoms with E-state index in [-0.39, 0.29) is 24.7 Å².